The first-order valence-electron chi connectivity index (χ1n) is 8.04. The molecule has 0 fully saturated rings. The Balaban J connectivity index is 1.76. The summed E-state index contributed by atoms with van der Waals surface area (Å²) in [6, 6.07) is 16.3. The molecule has 0 spiro atoms. The zero-order valence-electron chi connectivity index (χ0n) is 13.6. The summed E-state index contributed by atoms with van der Waals surface area (Å²) < 4.78 is 0. The molecule has 1 amide bonds. The quantitative estimate of drug-likeness (QED) is 0.686. The van der Waals surface area contributed by atoms with E-state index in [0.29, 0.717) is 18.4 Å². The summed E-state index contributed by atoms with van der Waals surface area (Å²) in [6.07, 6.45) is 1.57. The predicted molar refractivity (Wildman–Crippen MR) is 91.8 cm³/mol. The third-order valence-electron chi connectivity index (χ3n) is 4.56. The second-order valence-corrected chi connectivity index (χ2v) is 6.25. The maximum absolute atomic E-state index is 12.4. The van der Waals surface area contributed by atoms with E-state index >= 15 is 0 Å². The van der Waals surface area contributed by atoms with Gasteiger partial charge in [-0.1, -0.05) is 42.5 Å². The highest BCUT2D eigenvalue weighted by Crippen LogP contribution is 2.28. The monoisotopic (exact) mass is 335 g/mol. The summed E-state index contributed by atoms with van der Waals surface area (Å²) >= 11 is 0. The van der Waals surface area contributed by atoms with Gasteiger partial charge in [-0.05, 0) is 24.0 Å². The minimum atomic E-state index is -0.963. The Morgan fingerprint density at radius 1 is 1.20 bits per heavy atom. The third-order valence-corrected chi connectivity index (χ3v) is 4.56. The van der Waals surface area contributed by atoms with Crippen molar-refractivity contribution >= 4 is 11.6 Å². The molecule has 1 aliphatic rings. The fourth-order valence-corrected chi connectivity index (χ4v) is 3.29. The molecule has 6 heteroatoms. The lowest BCUT2D eigenvalue weighted by molar-refractivity contribution is -0.385. The molecule has 0 bridgehead atoms. The first-order valence-corrected chi connectivity index (χ1v) is 8.04. The van der Waals surface area contributed by atoms with Gasteiger partial charge in [0.1, 0.15) is 5.54 Å². The molecule has 0 aromatic heterocycles. The van der Waals surface area contributed by atoms with Crippen LogP contribution in [-0.4, -0.2) is 16.4 Å². The van der Waals surface area contributed by atoms with Crippen molar-refractivity contribution in [3.05, 3.63) is 75.3 Å². The molecule has 1 aliphatic carbocycles. The molecule has 0 heterocycles. The average Bonchev–Trinajstić information content (AvgIpc) is 2.61. The molecule has 0 saturated carbocycles. The number of fused-ring (bicyclic) bond motifs is 1. The zero-order chi connectivity index (χ0) is 17.9. The van der Waals surface area contributed by atoms with Crippen molar-refractivity contribution in [3.8, 4) is 6.07 Å². The molecular formula is C19H17N3O3. The maximum Gasteiger partial charge on any atom is 0.273 e. The van der Waals surface area contributed by atoms with Crippen molar-refractivity contribution in [2.75, 3.05) is 0 Å². The van der Waals surface area contributed by atoms with Crippen molar-refractivity contribution in [1.29, 1.82) is 5.26 Å². The molecule has 126 valence electrons. The summed E-state index contributed by atoms with van der Waals surface area (Å²) in [5, 5.41) is 23.5. The Labute approximate surface area is 145 Å². The van der Waals surface area contributed by atoms with Gasteiger partial charge >= 0.3 is 0 Å². The number of para-hydroxylation sites is 1. The van der Waals surface area contributed by atoms with E-state index < -0.39 is 10.5 Å². The number of rotatable bonds is 4. The summed E-state index contributed by atoms with van der Waals surface area (Å²) in [7, 11) is 0. The summed E-state index contributed by atoms with van der Waals surface area (Å²) in [4.78, 5) is 23.0. The van der Waals surface area contributed by atoms with E-state index in [4.69, 9.17) is 0 Å². The number of benzene rings is 2. The van der Waals surface area contributed by atoms with Crippen LogP contribution in [0.3, 0.4) is 0 Å². The number of nitro groups is 1. The molecule has 0 aliphatic heterocycles. The zero-order valence-corrected chi connectivity index (χ0v) is 13.6. The number of nitrogens with one attached hydrogen (secondary N) is 1. The maximum atomic E-state index is 12.4. The normalized spacial score (nSPS) is 18.7. The lowest BCUT2D eigenvalue weighted by Gasteiger charge is -2.33. The van der Waals surface area contributed by atoms with Crippen LogP contribution in [0.5, 0.6) is 0 Å². The first kappa shape index (κ1) is 16.7. The van der Waals surface area contributed by atoms with Crippen LogP contribution in [0.4, 0.5) is 5.69 Å². The van der Waals surface area contributed by atoms with E-state index in [1.165, 1.54) is 11.6 Å². The SMILES string of the molecule is N#C[C@@]1(NC(=O)Cc2ccccc2[N+](=O)[O-])CCc2ccccc2C1. The minimum Gasteiger partial charge on any atom is -0.337 e. The standard InChI is InChI=1S/C19H17N3O3/c20-13-19(10-9-14-5-1-2-7-16(14)12-19)21-18(23)11-15-6-3-4-8-17(15)22(24)25/h1-8H,9-12H2,(H,21,23)/t19-/m1/s1. The fourth-order valence-electron chi connectivity index (χ4n) is 3.29. The van der Waals surface area contributed by atoms with E-state index in [-0.39, 0.29) is 18.0 Å². The van der Waals surface area contributed by atoms with Gasteiger partial charge in [0.2, 0.25) is 5.91 Å². The van der Waals surface area contributed by atoms with Gasteiger partial charge in [0.25, 0.3) is 5.69 Å². The molecule has 2 aromatic carbocycles. The van der Waals surface area contributed by atoms with Crippen molar-refractivity contribution in [2.24, 2.45) is 0 Å². The van der Waals surface area contributed by atoms with Crippen molar-refractivity contribution in [1.82, 2.24) is 5.32 Å². The van der Waals surface area contributed by atoms with Gasteiger partial charge < -0.3 is 5.32 Å². The van der Waals surface area contributed by atoms with Gasteiger partial charge in [0.15, 0.2) is 0 Å². The van der Waals surface area contributed by atoms with Gasteiger partial charge in [-0.2, -0.15) is 5.26 Å². The Kier molecular flexibility index (Phi) is 4.48. The second kappa shape index (κ2) is 6.73. The minimum absolute atomic E-state index is 0.0855. The lowest BCUT2D eigenvalue weighted by Crippen LogP contribution is -2.51. The number of carbonyl (C=O) groups excluding carboxylic acids is 1. The highest BCUT2D eigenvalue weighted by Gasteiger charge is 2.36. The number of nitrogens with zero attached hydrogens (tertiary/aromatic N) is 2. The molecule has 3 rings (SSSR count). The van der Waals surface area contributed by atoms with Gasteiger partial charge in [-0.15, -0.1) is 0 Å². The predicted octanol–water partition coefficient (Wildman–Crippen LogP) is 2.70. The Hall–Kier alpha value is -3.20. The lowest BCUT2D eigenvalue weighted by atomic mass is 9.78. The van der Waals surface area contributed by atoms with Crippen LogP contribution in [0, 0.1) is 21.4 Å². The third kappa shape index (κ3) is 3.50. The van der Waals surface area contributed by atoms with E-state index in [0.717, 1.165) is 12.0 Å². The molecule has 1 atom stereocenters. The van der Waals surface area contributed by atoms with E-state index in [1.807, 2.05) is 24.3 Å². The number of hydrogen-bond acceptors (Lipinski definition) is 4. The van der Waals surface area contributed by atoms with Crippen LogP contribution in [0.15, 0.2) is 48.5 Å². The molecule has 1 N–H and O–H groups in total. The topological polar surface area (TPSA) is 96.0 Å². The van der Waals surface area contributed by atoms with Crippen molar-refractivity contribution < 1.29 is 9.72 Å². The Morgan fingerprint density at radius 3 is 2.60 bits per heavy atom. The summed E-state index contributed by atoms with van der Waals surface area (Å²) in [5.74, 6) is -0.379. The Morgan fingerprint density at radius 2 is 1.88 bits per heavy atom. The number of amides is 1. The number of nitro benzene ring substituents is 1. The molecule has 0 saturated heterocycles. The average molecular weight is 335 g/mol. The van der Waals surface area contributed by atoms with Gasteiger partial charge in [0, 0.05) is 18.1 Å². The number of carbonyl (C=O) groups is 1. The molecule has 25 heavy (non-hydrogen) atoms. The van der Waals surface area contributed by atoms with Gasteiger partial charge in [-0.25, -0.2) is 0 Å². The fraction of sp³-hybridized carbons (Fsp3) is 0.263. The van der Waals surface area contributed by atoms with Crippen LogP contribution < -0.4 is 5.32 Å². The second-order valence-electron chi connectivity index (χ2n) is 6.25. The molecule has 2 aromatic rings. The molecular weight excluding hydrogens is 318 g/mol. The smallest absolute Gasteiger partial charge is 0.273 e. The summed E-state index contributed by atoms with van der Waals surface area (Å²) in [5.41, 5.74) is 1.55. The van der Waals surface area contributed by atoms with Crippen LogP contribution >= 0.6 is 0 Å². The van der Waals surface area contributed by atoms with Crippen LogP contribution in [0.2, 0.25) is 0 Å². The van der Waals surface area contributed by atoms with E-state index in [9.17, 15) is 20.2 Å². The molecule has 6 nitrogen and oxygen atoms in total. The van der Waals surface area contributed by atoms with Gasteiger partial charge in [0.05, 0.1) is 17.4 Å². The van der Waals surface area contributed by atoms with Crippen molar-refractivity contribution in [3.63, 3.8) is 0 Å². The largest absolute Gasteiger partial charge is 0.337 e. The number of nitriles is 1. The van der Waals surface area contributed by atoms with E-state index in [2.05, 4.69) is 11.4 Å². The number of aryl methyl sites for hydroxylation is 1. The highest BCUT2D eigenvalue weighted by atomic mass is 16.6. The van der Waals surface area contributed by atoms with E-state index in [1.54, 1.807) is 18.2 Å². The Bertz CT molecular complexity index is 872. The molecule has 0 radical (unpaired) electrons. The molecule has 0 unspecified atom stereocenters. The van der Waals surface area contributed by atoms with Crippen LogP contribution in [0.1, 0.15) is 23.1 Å². The first-order chi connectivity index (χ1) is 12.0. The van der Waals surface area contributed by atoms with Crippen LogP contribution in [-0.2, 0) is 24.1 Å². The summed E-state index contributed by atoms with van der Waals surface area (Å²) in [6.45, 7) is 0. The van der Waals surface area contributed by atoms with Gasteiger partial charge in [-0.3, -0.25) is 14.9 Å². The van der Waals surface area contributed by atoms with Crippen LogP contribution in [0.25, 0.3) is 0 Å². The van der Waals surface area contributed by atoms with Crippen molar-refractivity contribution in [2.45, 2.75) is 31.2 Å². The number of hydrogen-bond donors (Lipinski definition) is 1. The highest BCUT2D eigenvalue weighted by molar-refractivity contribution is 5.81.